The molecule has 0 atom stereocenters. The highest BCUT2D eigenvalue weighted by Crippen LogP contribution is 2.40. The van der Waals surface area contributed by atoms with Gasteiger partial charge in [-0.3, -0.25) is 9.78 Å². The summed E-state index contributed by atoms with van der Waals surface area (Å²) in [5, 5.41) is 0. The van der Waals surface area contributed by atoms with Crippen molar-refractivity contribution in [3.05, 3.63) is 30.1 Å². The van der Waals surface area contributed by atoms with Gasteiger partial charge >= 0.3 is 12.4 Å². The first kappa shape index (κ1) is 13.5. The fourth-order valence-electron chi connectivity index (χ4n) is 1.16. The average Bonchev–Trinajstić information content (AvgIpc) is 2.14. The number of pyridine rings is 1. The molecular weight excluding hydrogens is 252 g/mol. The van der Waals surface area contributed by atoms with E-state index in [-0.39, 0.29) is 0 Å². The second-order valence-electron chi connectivity index (χ2n) is 3.12. The van der Waals surface area contributed by atoms with Gasteiger partial charge in [-0.15, -0.1) is 0 Å². The number of hydrogen-bond donors (Lipinski definition) is 0. The summed E-state index contributed by atoms with van der Waals surface area (Å²) < 4.78 is 73.1. The van der Waals surface area contributed by atoms with Crippen molar-refractivity contribution in [1.82, 2.24) is 4.98 Å². The van der Waals surface area contributed by atoms with Crippen LogP contribution in [-0.4, -0.2) is 23.1 Å². The number of ketones is 1. The van der Waals surface area contributed by atoms with Gasteiger partial charge < -0.3 is 0 Å². The maximum Gasteiger partial charge on any atom is 0.407 e. The summed E-state index contributed by atoms with van der Waals surface area (Å²) in [6.07, 6.45) is -9.56. The van der Waals surface area contributed by atoms with Gasteiger partial charge in [0, 0.05) is 18.0 Å². The van der Waals surface area contributed by atoms with Crippen molar-refractivity contribution < 1.29 is 31.1 Å². The van der Waals surface area contributed by atoms with Crippen LogP contribution in [0.1, 0.15) is 10.4 Å². The summed E-state index contributed by atoms with van der Waals surface area (Å²) in [5.41, 5.74) is -0.729. The molecule has 0 aliphatic carbocycles. The smallest absolute Gasteiger partial charge is 0.293 e. The van der Waals surface area contributed by atoms with Gasteiger partial charge in [-0.25, -0.2) is 0 Å². The summed E-state index contributed by atoms with van der Waals surface area (Å²) in [4.78, 5) is 14.5. The van der Waals surface area contributed by atoms with Gasteiger partial charge in [0.25, 0.3) is 0 Å². The van der Waals surface area contributed by atoms with Crippen molar-refractivity contribution in [2.45, 2.75) is 12.4 Å². The van der Waals surface area contributed by atoms with E-state index in [0.717, 1.165) is 18.3 Å². The lowest BCUT2D eigenvalue weighted by Gasteiger charge is -2.21. The minimum atomic E-state index is -5.68. The third-order valence-electron chi connectivity index (χ3n) is 1.86. The molecule has 0 unspecified atom stereocenters. The molecule has 0 aromatic carbocycles. The molecule has 8 heteroatoms. The zero-order valence-electron chi connectivity index (χ0n) is 8.01. The molecule has 1 aromatic heterocycles. The molecule has 94 valence electrons. The lowest BCUT2D eigenvalue weighted by molar-refractivity contribution is -0.264. The maximum atomic E-state index is 12.2. The fraction of sp³-hybridized carbons (Fsp3) is 0.333. The number of carbonyl (C=O) groups excluding carboxylic acids is 1. The van der Waals surface area contributed by atoms with E-state index in [1.54, 1.807) is 0 Å². The predicted octanol–water partition coefficient (Wildman–Crippen LogP) is 3.01. The summed E-state index contributed by atoms with van der Waals surface area (Å²) >= 11 is 0. The zero-order valence-corrected chi connectivity index (χ0v) is 8.01. The van der Waals surface area contributed by atoms with Gasteiger partial charge in [0.05, 0.1) is 0 Å². The molecule has 1 rings (SSSR count). The van der Waals surface area contributed by atoms with E-state index in [2.05, 4.69) is 4.98 Å². The lowest BCUT2D eigenvalue weighted by Crippen LogP contribution is -2.42. The highest BCUT2D eigenvalue weighted by atomic mass is 19.4. The predicted molar refractivity (Wildman–Crippen MR) is 44.2 cm³/mol. The van der Waals surface area contributed by atoms with Crippen LogP contribution < -0.4 is 0 Å². The van der Waals surface area contributed by atoms with Crippen LogP contribution in [-0.2, 0) is 0 Å². The molecule has 0 N–H and O–H groups in total. The van der Waals surface area contributed by atoms with Gasteiger partial charge in [-0.1, -0.05) is 0 Å². The Morgan fingerprint density at radius 1 is 1.12 bits per heavy atom. The summed E-state index contributed by atoms with van der Waals surface area (Å²) in [7, 11) is 0. The quantitative estimate of drug-likeness (QED) is 0.602. The molecule has 2 nitrogen and oxygen atoms in total. The van der Waals surface area contributed by atoms with E-state index >= 15 is 0 Å². The molecule has 0 spiro atoms. The van der Waals surface area contributed by atoms with Crippen LogP contribution in [0.5, 0.6) is 0 Å². The van der Waals surface area contributed by atoms with Crippen LogP contribution in [0.25, 0.3) is 0 Å². The van der Waals surface area contributed by atoms with Gasteiger partial charge in [-0.2, -0.15) is 26.3 Å². The summed E-state index contributed by atoms with van der Waals surface area (Å²) in [6, 6.07) is 1.93. The highest BCUT2D eigenvalue weighted by Gasteiger charge is 2.60. The van der Waals surface area contributed by atoms with Crippen LogP contribution >= 0.6 is 0 Å². The molecule has 1 heterocycles. The van der Waals surface area contributed by atoms with Crippen LogP contribution in [0.15, 0.2) is 24.5 Å². The van der Waals surface area contributed by atoms with Crippen molar-refractivity contribution in [2.24, 2.45) is 5.92 Å². The number of carbonyl (C=O) groups is 1. The van der Waals surface area contributed by atoms with Crippen LogP contribution in [0.3, 0.4) is 0 Å². The Hall–Kier alpha value is -1.60. The molecule has 0 fully saturated rings. The molecule has 0 saturated heterocycles. The Balaban J connectivity index is 3.14. The SMILES string of the molecule is O=C(c1cccnc1)C(C(F)(F)F)C(F)(F)F. The van der Waals surface area contributed by atoms with E-state index in [0.29, 0.717) is 6.20 Å². The minimum Gasteiger partial charge on any atom is -0.293 e. The summed E-state index contributed by atoms with van der Waals surface area (Å²) in [5.74, 6) is -6.07. The topological polar surface area (TPSA) is 30.0 Å². The van der Waals surface area contributed by atoms with Gasteiger partial charge in [0.1, 0.15) is 0 Å². The maximum absolute atomic E-state index is 12.2. The summed E-state index contributed by atoms with van der Waals surface area (Å²) in [6.45, 7) is 0. The number of aromatic nitrogens is 1. The minimum absolute atomic E-state index is 0.660. The lowest BCUT2D eigenvalue weighted by atomic mass is 9.98. The average molecular weight is 257 g/mol. The zero-order chi connectivity index (χ0) is 13.3. The number of rotatable bonds is 2. The standard InChI is InChI=1S/C9H5F6NO/c10-8(11,12)7(9(13,14)15)6(17)5-2-1-3-16-4-5/h1-4,7H. The monoisotopic (exact) mass is 257 g/mol. The Morgan fingerprint density at radius 2 is 1.65 bits per heavy atom. The normalized spacial score (nSPS) is 12.9. The second-order valence-corrected chi connectivity index (χ2v) is 3.12. The number of nitrogens with zero attached hydrogens (tertiary/aromatic N) is 1. The largest absolute Gasteiger partial charge is 0.407 e. The van der Waals surface area contributed by atoms with Gasteiger partial charge in [0.2, 0.25) is 5.92 Å². The third-order valence-corrected chi connectivity index (χ3v) is 1.86. The molecule has 1 aromatic rings. The number of alkyl halides is 6. The first-order valence-electron chi connectivity index (χ1n) is 4.21. The first-order valence-corrected chi connectivity index (χ1v) is 4.21. The van der Waals surface area contributed by atoms with Crippen molar-refractivity contribution in [3.63, 3.8) is 0 Å². The molecular formula is C9H5F6NO. The van der Waals surface area contributed by atoms with Gasteiger partial charge in [-0.05, 0) is 12.1 Å². The van der Waals surface area contributed by atoms with E-state index in [1.807, 2.05) is 0 Å². The van der Waals surface area contributed by atoms with Crippen molar-refractivity contribution >= 4 is 5.78 Å². The Bertz CT molecular complexity index is 382. The van der Waals surface area contributed by atoms with Crippen molar-refractivity contribution in [2.75, 3.05) is 0 Å². The van der Waals surface area contributed by atoms with E-state index in [9.17, 15) is 31.1 Å². The van der Waals surface area contributed by atoms with Crippen molar-refractivity contribution in [1.29, 1.82) is 0 Å². The number of halogens is 6. The van der Waals surface area contributed by atoms with Gasteiger partial charge in [0.15, 0.2) is 5.78 Å². The molecule has 0 aliphatic heterocycles. The second kappa shape index (κ2) is 4.34. The van der Waals surface area contributed by atoms with Crippen molar-refractivity contribution in [3.8, 4) is 0 Å². The number of Topliss-reactive ketones (excluding diaryl/α,β-unsaturated/α-hetero) is 1. The fourth-order valence-corrected chi connectivity index (χ4v) is 1.16. The Morgan fingerprint density at radius 3 is 2.00 bits per heavy atom. The molecule has 0 radical (unpaired) electrons. The molecule has 0 aliphatic rings. The van der Waals surface area contributed by atoms with E-state index < -0.39 is 29.6 Å². The molecule has 17 heavy (non-hydrogen) atoms. The van der Waals surface area contributed by atoms with E-state index in [1.165, 1.54) is 0 Å². The highest BCUT2D eigenvalue weighted by molar-refractivity contribution is 5.98. The van der Waals surface area contributed by atoms with E-state index in [4.69, 9.17) is 0 Å². The number of hydrogen-bond acceptors (Lipinski definition) is 2. The third kappa shape index (κ3) is 3.18. The Labute approximate surface area is 91.3 Å². The Kier molecular flexibility index (Phi) is 3.44. The molecule has 0 amide bonds. The van der Waals surface area contributed by atoms with Crippen LogP contribution in [0, 0.1) is 5.92 Å². The van der Waals surface area contributed by atoms with Crippen LogP contribution in [0.2, 0.25) is 0 Å². The molecule has 0 saturated carbocycles. The van der Waals surface area contributed by atoms with Crippen LogP contribution in [0.4, 0.5) is 26.3 Å². The first-order chi connectivity index (χ1) is 7.64. The molecule has 0 bridgehead atoms.